The predicted octanol–water partition coefficient (Wildman–Crippen LogP) is 4.41. The quantitative estimate of drug-likeness (QED) is 0.302. The van der Waals surface area contributed by atoms with E-state index in [-0.39, 0.29) is 29.2 Å². The van der Waals surface area contributed by atoms with Gasteiger partial charge in [-0.15, -0.1) is 0 Å². The summed E-state index contributed by atoms with van der Waals surface area (Å²) in [5, 5.41) is 24.5. The summed E-state index contributed by atoms with van der Waals surface area (Å²) in [5.41, 5.74) is 3.43. The number of nitro benzene ring substituents is 1. The normalized spacial score (nSPS) is 10.7. The van der Waals surface area contributed by atoms with Gasteiger partial charge in [0.25, 0.3) is 11.6 Å². The maximum Gasteiger partial charge on any atom is 0.275 e. The molecule has 1 amide bonds. The minimum Gasteiger partial charge on any atom is -0.507 e. The first kappa shape index (κ1) is 21.0. The summed E-state index contributed by atoms with van der Waals surface area (Å²) >= 11 is 3.33. The molecule has 3 rings (SSSR count). The summed E-state index contributed by atoms with van der Waals surface area (Å²) in [6, 6.07) is 18.0. The number of hydrogen-bond donors (Lipinski definition) is 2. The second-order valence-corrected chi connectivity index (χ2v) is 7.03. The van der Waals surface area contributed by atoms with Crippen LogP contribution in [0.15, 0.2) is 76.3 Å². The van der Waals surface area contributed by atoms with Gasteiger partial charge in [-0.1, -0.05) is 46.3 Å². The molecular weight excluding hydrogens is 454 g/mol. The number of phenols is 1. The number of amides is 1. The number of hydrazone groups is 1. The van der Waals surface area contributed by atoms with Crippen LogP contribution in [-0.2, 0) is 6.61 Å². The minimum atomic E-state index is -0.590. The number of aromatic hydroxyl groups is 1. The number of non-ortho nitro benzene ring substituents is 1. The summed E-state index contributed by atoms with van der Waals surface area (Å²) in [6.07, 6.45) is 1.13. The smallest absolute Gasteiger partial charge is 0.275 e. The fourth-order valence-electron chi connectivity index (χ4n) is 2.52. The number of carbonyl (C=O) groups is 1. The molecule has 3 aromatic carbocycles. The van der Waals surface area contributed by atoms with Crippen molar-refractivity contribution in [2.75, 3.05) is 0 Å². The van der Waals surface area contributed by atoms with Crippen LogP contribution in [-0.4, -0.2) is 22.2 Å². The van der Waals surface area contributed by atoms with Gasteiger partial charge in [0.05, 0.1) is 16.7 Å². The van der Waals surface area contributed by atoms with E-state index in [1.807, 2.05) is 30.3 Å². The molecule has 0 saturated heterocycles. The average molecular weight is 470 g/mol. The zero-order valence-electron chi connectivity index (χ0n) is 15.5. The molecule has 0 atom stereocenters. The van der Waals surface area contributed by atoms with Crippen LogP contribution < -0.4 is 10.2 Å². The third-order valence-corrected chi connectivity index (χ3v) is 4.51. The van der Waals surface area contributed by atoms with Gasteiger partial charge in [-0.2, -0.15) is 5.10 Å². The summed E-state index contributed by atoms with van der Waals surface area (Å²) in [6.45, 7) is 0.285. The lowest BCUT2D eigenvalue weighted by molar-refractivity contribution is -0.384. The highest BCUT2D eigenvalue weighted by molar-refractivity contribution is 9.10. The summed E-state index contributed by atoms with van der Waals surface area (Å²) in [5.74, 6) is -0.374. The summed E-state index contributed by atoms with van der Waals surface area (Å²) < 4.78 is 6.46. The number of rotatable bonds is 7. The molecule has 0 heterocycles. The lowest BCUT2D eigenvalue weighted by atomic mass is 10.2. The highest BCUT2D eigenvalue weighted by Crippen LogP contribution is 2.24. The average Bonchev–Trinajstić information content (AvgIpc) is 2.74. The SMILES string of the molecule is O=C(N/N=C/c1cc([N+](=O)[O-])ccc1O)c1cc(Br)ccc1OCc1ccccc1. The molecule has 0 aromatic heterocycles. The molecule has 0 aliphatic carbocycles. The highest BCUT2D eigenvalue weighted by Gasteiger charge is 2.14. The summed E-state index contributed by atoms with van der Waals surface area (Å²) in [7, 11) is 0. The van der Waals surface area contributed by atoms with Gasteiger partial charge in [-0.05, 0) is 29.8 Å². The molecule has 0 unspecified atom stereocenters. The standard InChI is InChI=1S/C21H16BrN3O5/c22-16-6-9-20(30-13-14-4-2-1-3-5-14)18(11-16)21(27)24-23-12-15-10-17(25(28)29)7-8-19(15)26/h1-12,26H,13H2,(H,24,27)/b23-12+. The number of nitrogens with zero attached hydrogens (tertiary/aromatic N) is 2. The first-order chi connectivity index (χ1) is 14.4. The van der Waals surface area contributed by atoms with Crippen LogP contribution >= 0.6 is 15.9 Å². The number of ether oxygens (including phenoxy) is 1. The predicted molar refractivity (Wildman–Crippen MR) is 115 cm³/mol. The van der Waals surface area contributed by atoms with Crippen molar-refractivity contribution in [3.8, 4) is 11.5 Å². The van der Waals surface area contributed by atoms with Crippen LogP contribution in [0.2, 0.25) is 0 Å². The van der Waals surface area contributed by atoms with Gasteiger partial charge in [-0.25, -0.2) is 5.43 Å². The Kier molecular flexibility index (Phi) is 6.76. The highest BCUT2D eigenvalue weighted by atomic mass is 79.9. The number of nitrogens with one attached hydrogen (secondary N) is 1. The molecule has 0 fully saturated rings. The Hall–Kier alpha value is -3.72. The van der Waals surface area contributed by atoms with Gasteiger partial charge in [0.15, 0.2) is 0 Å². The second kappa shape index (κ2) is 9.66. The zero-order valence-corrected chi connectivity index (χ0v) is 17.1. The van der Waals surface area contributed by atoms with E-state index < -0.39 is 10.8 Å². The Morgan fingerprint density at radius 2 is 1.93 bits per heavy atom. The van der Waals surface area contributed by atoms with Gasteiger partial charge in [0.1, 0.15) is 18.1 Å². The van der Waals surface area contributed by atoms with E-state index in [0.29, 0.717) is 10.2 Å². The molecule has 9 heteroatoms. The monoisotopic (exact) mass is 469 g/mol. The van der Waals surface area contributed by atoms with Gasteiger partial charge in [-0.3, -0.25) is 14.9 Å². The molecule has 2 N–H and O–H groups in total. The molecular formula is C21H16BrN3O5. The molecule has 0 saturated carbocycles. The first-order valence-corrected chi connectivity index (χ1v) is 9.50. The molecule has 0 spiro atoms. The second-order valence-electron chi connectivity index (χ2n) is 6.11. The molecule has 0 radical (unpaired) electrons. The largest absolute Gasteiger partial charge is 0.507 e. The fourth-order valence-corrected chi connectivity index (χ4v) is 2.88. The van der Waals surface area contributed by atoms with Gasteiger partial charge in [0.2, 0.25) is 0 Å². The molecule has 30 heavy (non-hydrogen) atoms. The number of phenolic OH excluding ortho intramolecular Hbond substituents is 1. The third-order valence-electron chi connectivity index (χ3n) is 4.02. The van der Waals surface area contributed by atoms with Crippen LogP contribution in [0, 0.1) is 10.1 Å². The fraction of sp³-hybridized carbons (Fsp3) is 0.0476. The Morgan fingerprint density at radius 3 is 2.67 bits per heavy atom. The maximum atomic E-state index is 12.6. The Labute approximate surface area is 180 Å². The van der Waals surface area contributed by atoms with Crippen LogP contribution in [0.25, 0.3) is 0 Å². The third kappa shape index (κ3) is 5.42. The van der Waals surface area contributed by atoms with E-state index in [1.165, 1.54) is 12.1 Å². The van der Waals surface area contributed by atoms with Crippen molar-refractivity contribution in [2.24, 2.45) is 5.10 Å². The number of carbonyl (C=O) groups excluding carboxylic acids is 1. The molecule has 0 bridgehead atoms. The molecule has 152 valence electrons. The van der Waals surface area contributed by atoms with E-state index in [9.17, 15) is 20.0 Å². The zero-order chi connectivity index (χ0) is 21.5. The van der Waals surface area contributed by atoms with Crippen molar-refractivity contribution >= 4 is 33.7 Å². The van der Waals surface area contributed by atoms with Crippen molar-refractivity contribution in [1.82, 2.24) is 5.43 Å². The van der Waals surface area contributed by atoms with E-state index in [2.05, 4.69) is 26.5 Å². The topological polar surface area (TPSA) is 114 Å². The summed E-state index contributed by atoms with van der Waals surface area (Å²) in [4.78, 5) is 22.8. The first-order valence-electron chi connectivity index (χ1n) is 8.71. The van der Waals surface area contributed by atoms with Gasteiger partial charge < -0.3 is 9.84 Å². The van der Waals surface area contributed by atoms with E-state index in [4.69, 9.17) is 4.74 Å². The minimum absolute atomic E-state index is 0.0966. The van der Waals surface area contributed by atoms with Crippen LogP contribution in [0.5, 0.6) is 11.5 Å². The van der Waals surface area contributed by atoms with Crippen molar-refractivity contribution < 1.29 is 19.6 Å². The number of nitro groups is 1. The molecule has 0 aliphatic heterocycles. The van der Waals surface area contributed by atoms with Crippen LogP contribution in [0.3, 0.4) is 0 Å². The molecule has 8 nitrogen and oxygen atoms in total. The number of hydrogen-bond acceptors (Lipinski definition) is 6. The Bertz CT molecular complexity index is 1100. The van der Waals surface area contributed by atoms with Crippen molar-refractivity contribution in [3.63, 3.8) is 0 Å². The molecule has 3 aromatic rings. The van der Waals surface area contributed by atoms with E-state index in [1.54, 1.807) is 18.2 Å². The van der Waals surface area contributed by atoms with Gasteiger partial charge >= 0.3 is 0 Å². The van der Waals surface area contributed by atoms with Crippen LogP contribution in [0.1, 0.15) is 21.5 Å². The lowest BCUT2D eigenvalue weighted by Gasteiger charge is -2.11. The molecule has 0 aliphatic rings. The van der Waals surface area contributed by atoms with Crippen LogP contribution in [0.4, 0.5) is 5.69 Å². The number of halogens is 1. The Balaban J connectivity index is 1.73. The lowest BCUT2D eigenvalue weighted by Crippen LogP contribution is -2.19. The maximum absolute atomic E-state index is 12.6. The number of benzene rings is 3. The van der Waals surface area contributed by atoms with E-state index in [0.717, 1.165) is 17.8 Å². The van der Waals surface area contributed by atoms with Crippen molar-refractivity contribution in [1.29, 1.82) is 0 Å². The van der Waals surface area contributed by atoms with Crippen molar-refractivity contribution in [2.45, 2.75) is 6.61 Å². The Morgan fingerprint density at radius 1 is 1.17 bits per heavy atom. The van der Waals surface area contributed by atoms with Gasteiger partial charge in [0, 0.05) is 22.2 Å². The van der Waals surface area contributed by atoms with Crippen molar-refractivity contribution in [3.05, 3.63) is 98.0 Å². The van der Waals surface area contributed by atoms with E-state index >= 15 is 0 Å².